The van der Waals surface area contributed by atoms with Crippen LogP contribution < -0.4 is 0 Å². The van der Waals surface area contributed by atoms with Crippen LogP contribution >= 0.6 is 0 Å². The molecule has 0 atom stereocenters. The highest BCUT2D eigenvalue weighted by molar-refractivity contribution is 5.14. The molecule has 0 saturated carbocycles. The molecule has 4 nitrogen and oxygen atoms in total. The quantitative estimate of drug-likeness (QED) is 0.372. The first-order chi connectivity index (χ1) is 16.6. The molecule has 0 amide bonds. The average Bonchev–Trinajstić information content (AvgIpc) is 2.91. The van der Waals surface area contributed by atoms with Gasteiger partial charge >= 0.3 is 0 Å². The summed E-state index contributed by atoms with van der Waals surface area (Å²) in [5.74, 6) is 0. The van der Waals surface area contributed by atoms with Crippen LogP contribution in [0.25, 0.3) is 0 Å². The van der Waals surface area contributed by atoms with E-state index in [0.29, 0.717) is 0 Å². The van der Waals surface area contributed by atoms with Crippen LogP contribution in [0.2, 0.25) is 0 Å². The fourth-order valence-corrected chi connectivity index (χ4v) is 5.57. The molecule has 1 aliphatic heterocycles. The van der Waals surface area contributed by atoms with Gasteiger partial charge in [-0.1, -0.05) is 60.7 Å². The second-order valence-corrected chi connectivity index (χ2v) is 10.4. The van der Waals surface area contributed by atoms with Crippen molar-refractivity contribution in [1.82, 2.24) is 9.80 Å². The van der Waals surface area contributed by atoms with E-state index >= 15 is 0 Å². The maximum absolute atomic E-state index is 2.71. The molecule has 0 N–H and O–H groups in total. The van der Waals surface area contributed by atoms with Crippen molar-refractivity contribution in [2.45, 2.75) is 40.8 Å². The summed E-state index contributed by atoms with van der Waals surface area (Å²) in [5.41, 5.74) is 2.94. The Kier molecular flexibility index (Phi) is 10.6. The minimum Gasteiger partial charge on any atom is -0.319 e. The highest BCUT2D eigenvalue weighted by Gasteiger charge is 2.28. The van der Waals surface area contributed by atoms with Crippen LogP contribution in [0.4, 0.5) is 0 Å². The topological polar surface area (TPSA) is 6.48 Å². The van der Waals surface area contributed by atoms with Gasteiger partial charge in [0.2, 0.25) is 0 Å². The second-order valence-electron chi connectivity index (χ2n) is 10.4. The number of quaternary nitrogens is 2. The third-order valence-electron chi connectivity index (χ3n) is 8.65. The molecule has 0 aromatic heterocycles. The monoisotopic (exact) mass is 466 g/mol. The lowest BCUT2D eigenvalue weighted by Gasteiger charge is -2.42. The Morgan fingerprint density at radius 3 is 1.15 bits per heavy atom. The van der Waals surface area contributed by atoms with Crippen molar-refractivity contribution in [3.05, 3.63) is 71.8 Å². The Balaban J connectivity index is 1.46. The Morgan fingerprint density at radius 1 is 0.529 bits per heavy atom. The molecule has 0 aliphatic carbocycles. The lowest BCUT2D eigenvalue weighted by molar-refractivity contribution is -0.937. The van der Waals surface area contributed by atoms with E-state index in [1.165, 1.54) is 98.6 Å². The first-order valence-electron chi connectivity index (χ1n) is 13.8. The fourth-order valence-electron chi connectivity index (χ4n) is 5.57. The second kappa shape index (κ2) is 13.4. The highest BCUT2D eigenvalue weighted by Crippen LogP contribution is 2.17. The summed E-state index contributed by atoms with van der Waals surface area (Å²) in [6.45, 7) is 26.4. The molecule has 1 heterocycles. The number of benzene rings is 2. The van der Waals surface area contributed by atoms with Crippen molar-refractivity contribution in [3.8, 4) is 0 Å². The van der Waals surface area contributed by atoms with Crippen molar-refractivity contribution < 1.29 is 8.97 Å². The molecule has 34 heavy (non-hydrogen) atoms. The number of rotatable bonds is 14. The first kappa shape index (κ1) is 26.9. The standard InChI is InChI=1S/C30H50N4/c1-5-33(6-2,27-29-15-11-9-12-16-29)25-23-31-19-21-32(22-20-31)24-26-34(7-3,8-4)28-30-17-13-10-14-18-30/h9-18H,5-8,19-28H2,1-4H3/q+2. The van der Waals surface area contributed by atoms with Crippen LogP contribution in [0.1, 0.15) is 38.8 Å². The molecule has 1 saturated heterocycles. The predicted molar refractivity (Wildman–Crippen MR) is 146 cm³/mol. The smallest absolute Gasteiger partial charge is 0.104 e. The maximum Gasteiger partial charge on any atom is 0.104 e. The van der Waals surface area contributed by atoms with Gasteiger partial charge in [-0.15, -0.1) is 0 Å². The summed E-state index contributed by atoms with van der Waals surface area (Å²) in [6, 6.07) is 22.1. The zero-order chi connectivity index (χ0) is 24.3. The molecular weight excluding hydrogens is 416 g/mol. The average molecular weight is 467 g/mol. The maximum atomic E-state index is 2.71. The van der Waals surface area contributed by atoms with Gasteiger partial charge < -0.3 is 8.97 Å². The van der Waals surface area contributed by atoms with Gasteiger partial charge in [-0.05, 0) is 27.7 Å². The van der Waals surface area contributed by atoms with E-state index in [0.717, 1.165) is 13.1 Å². The minimum absolute atomic E-state index is 1.16. The Morgan fingerprint density at radius 2 is 0.853 bits per heavy atom. The summed E-state index contributed by atoms with van der Waals surface area (Å²) in [6.07, 6.45) is 0. The summed E-state index contributed by atoms with van der Waals surface area (Å²) in [5, 5.41) is 0. The molecule has 0 spiro atoms. The van der Waals surface area contributed by atoms with Crippen LogP contribution in [0, 0.1) is 0 Å². The van der Waals surface area contributed by atoms with Gasteiger partial charge in [0.05, 0.1) is 39.3 Å². The number of hydrogen-bond donors (Lipinski definition) is 0. The molecule has 4 heteroatoms. The molecule has 2 aromatic carbocycles. The highest BCUT2D eigenvalue weighted by atomic mass is 15.4. The normalized spacial score (nSPS) is 16.1. The van der Waals surface area contributed by atoms with E-state index < -0.39 is 0 Å². The van der Waals surface area contributed by atoms with Gasteiger partial charge in [-0.2, -0.15) is 0 Å². The molecule has 0 unspecified atom stereocenters. The third kappa shape index (κ3) is 7.64. The molecule has 1 aliphatic rings. The Hall–Kier alpha value is -1.72. The van der Waals surface area contributed by atoms with E-state index in [1.54, 1.807) is 0 Å². The predicted octanol–water partition coefficient (Wildman–Crippen LogP) is 4.72. The lowest BCUT2D eigenvalue weighted by Crippen LogP contribution is -2.56. The van der Waals surface area contributed by atoms with Gasteiger partial charge in [0.25, 0.3) is 0 Å². The van der Waals surface area contributed by atoms with Crippen molar-refractivity contribution >= 4 is 0 Å². The molecule has 2 aromatic rings. The van der Waals surface area contributed by atoms with Crippen LogP contribution in [-0.2, 0) is 13.1 Å². The SMILES string of the molecule is CC[N+](CC)(CCN1CCN(CC[N+](CC)(CC)Cc2ccccc2)CC1)Cc1ccccc1. The van der Waals surface area contributed by atoms with Crippen molar-refractivity contribution in [2.75, 3.05) is 78.5 Å². The minimum atomic E-state index is 1.16. The summed E-state index contributed by atoms with van der Waals surface area (Å²) >= 11 is 0. The van der Waals surface area contributed by atoms with Crippen LogP contribution in [0.3, 0.4) is 0 Å². The molecular formula is C30H50N4+2. The lowest BCUT2D eigenvalue weighted by atomic mass is 10.1. The van der Waals surface area contributed by atoms with Crippen molar-refractivity contribution in [2.24, 2.45) is 0 Å². The van der Waals surface area contributed by atoms with Gasteiger partial charge in [-0.25, -0.2) is 0 Å². The van der Waals surface area contributed by atoms with E-state index in [9.17, 15) is 0 Å². The summed E-state index contributed by atoms with van der Waals surface area (Å²) < 4.78 is 2.38. The number of likely N-dealkylation sites (N-methyl/N-ethyl adjacent to an activating group) is 2. The number of hydrogen-bond acceptors (Lipinski definition) is 2. The van der Waals surface area contributed by atoms with Crippen LogP contribution in [-0.4, -0.2) is 97.3 Å². The summed E-state index contributed by atoms with van der Waals surface area (Å²) in [4.78, 5) is 5.43. The van der Waals surface area contributed by atoms with E-state index in [4.69, 9.17) is 0 Å². The van der Waals surface area contributed by atoms with Gasteiger partial charge in [0, 0.05) is 50.4 Å². The van der Waals surface area contributed by atoms with Crippen LogP contribution in [0.15, 0.2) is 60.7 Å². The van der Waals surface area contributed by atoms with Crippen molar-refractivity contribution in [3.63, 3.8) is 0 Å². The van der Waals surface area contributed by atoms with Gasteiger partial charge in [0.15, 0.2) is 0 Å². The molecule has 1 fully saturated rings. The molecule has 0 bridgehead atoms. The van der Waals surface area contributed by atoms with Crippen molar-refractivity contribution in [1.29, 1.82) is 0 Å². The van der Waals surface area contributed by atoms with E-state index in [1.807, 2.05) is 0 Å². The van der Waals surface area contributed by atoms with Gasteiger partial charge in [-0.3, -0.25) is 9.80 Å². The van der Waals surface area contributed by atoms with E-state index in [-0.39, 0.29) is 0 Å². The fraction of sp³-hybridized carbons (Fsp3) is 0.600. The third-order valence-corrected chi connectivity index (χ3v) is 8.65. The molecule has 3 rings (SSSR count). The first-order valence-corrected chi connectivity index (χ1v) is 13.8. The molecule has 188 valence electrons. The Labute approximate surface area is 210 Å². The summed E-state index contributed by atoms with van der Waals surface area (Å²) in [7, 11) is 0. The number of piperazine rings is 1. The van der Waals surface area contributed by atoms with E-state index in [2.05, 4.69) is 98.2 Å². The van der Waals surface area contributed by atoms with Crippen LogP contribution in [0.5, 0.6) is 0 Å². The number of nitrogens with zero attached hydrogens (tertiary/aromatic N) is 4. The zero-order valence-corrected chi connectivity index (χ0v) is 22.5. The van der Waals surface area contributed by atoms with Gasteiger partial charge in [0.1, 0.15) is 13.1 Å². The molecule has 0 radical (unpaired) electrons. The Bertz CT molecular complexity index is 722. The zero-order valence-electron chi connectivity index (χ0n) is 22.5. The largest absolute Gasteiger partial charge is 0.319 e.